The maximum Gasteiger partial charge on any atom is 0.269 e. The third kappa shape index (κ3) is 3.28. The molecule has 1 aromatic carbocycles. The van der Waals surface area contributed by atoms with E-state index in [1.54, 1.807) is 6.07 Å². The van der Waals surface area contributed by atoms with E-state index >= 15 is 0 Å². The molecule has 0 aliphatic carbocycles. The predicted octanol–water partition coefficient (Wildman–Crippen LogP) is 2.06. The maximum absolute atomic E-state index is 12.1. The molecule has 1 aromatic heterocycles. The molecule has 0 saturated heterocycles. The Morgan fingerprint density at radius 3 is 3.04 bits per heavy atom. The van der Waals surface area contributed by atoms with Gasteiger partial charge in [-0.1, -0.05) is 23.4 Å². The molecule has 0 spiro atoms. The van der Waals surface area contributed by atoms with Crippen LogP contribution < -0.4 is 10.1 Å². The second-order valence-electron chi connectivity index (χ2n) is 6.36. The number of nitrogens with one attached hydrogen (secondary N) is 1. The first-order valence-corrected chi connectivity index (χ1v) is 8.38. The van der Waals surface area contributed by atoms with Gasteiger partial charge in [-0.25, -0.2) is 4.99 Å². The summed E-state index contributed by atoms with van der Waals surface area (Å²) in [5.74, 6) is 0.337. The van der Waals surface area contributed by atoms with Crippen LogP contribution in [-0.4, -0.2) is 29.3 Å². The normalized spacial score (nSPS) is 20.7. The number of ether oxygens (including phenoxy) is 1. The van der Waals surface area contributed by atoms with Gasteiger partial charge in [0.05, 0.1) is 12.5 Å². The highest BCUT2D eigenvalue weighted by Gasteiger charge is 2.20. The number of hydrogen-bond donors (Lipinski definition) is 1. The highest BCUT2D eigenvalue weighted by atomic mass is 16.5. The molecule has 0 radical (unpaired) electrons. The summed E-state index contributed by atoms with van der Waals surface area (Å²) in [4.78, 5) is 26.7. The first-order valence-electron chi connectivity index (χ1n) is 8.38. The number of nitrogens with zero attached hydrogens (tertiary/aromatic N) is 2. The molecule has 0 bridgehead atoms. The largest absolute Gasteiger partial charge is 0.490 e. The molecule has 2 aliphatic heterocycles. The minimum absolute atomic E-state index is 0.188. The van der Waals surface area contributed by atoms with Crippen molar-refractivity contribution in [2.45, 2.75) is 26.0 Å². The number of dihydropyridines is 1. The van der Waals surface area contributed by atoms with Crippen molar-refractivity contribution in [3.05, 3.63) is 47.7 Å². The lowest BCUT2D eigenvalue weighted by atomic mass is 10.1. The number of hydrogen-bond acceptors (Lipinski definition) is 5. The molecule has 26 heavy (non-hydrogen) atoms. The molecule has 2 atom stereocenters. The van der Waals surface area contributed by atoms with Crippen molar-refractivity contribution in [3.8, 4) is 17.1 Å². The van der Waals surface area contributed by atoms with Crippen LogP contribution in [0.25, 0.3) is 11.3 Å². The summed E-state index contributed by atoms with van der Waals surface area (Å²) >= 11 is 0. The minimum atomic E-state index is -0.546. The number of fused-ring (bicyclic) bond motifs is 1. The number of benzene rings is 1. The quantitative estimate of drug-likeness (QED) is 0.910. The van der Waals surface area contributed by atoms with Crippen LogP contribution in [0.3, 0.4) is 0 Å². The molecule has 2 amide bonds. The van der Waals surface area contributed by atoms with Crippen LogP contribution >= 0.6 is 0 Å². The molecule has 2 aliphatic rings. The zero-order valence-corrected chi connectivity index (χ0v) is 14.1. The molecule has 2 aromatic rings. The van der Waals surface area contributed by atoms with Gasteiger partial charge in [0.1, 0.15) is 17.5 Å². The molecular weight excluding hydrogens is 334 g/mol. The number of aromatic nitrogens is 1. The molecule has 0 saturated carbocycles. The lowest BCUT2D eigenvalue weighted by molar-refractivity contribution is -0.122. The average molecular weight is 351 g/mol. The highest BCUT2D eigenvalue weighted by molar-refractivity contribution is 6.05. The fraction of sp³-hybridized carbons (Fsp3) is 0.263. The topological polar surface area (TPSA) is 93.8 Å². The molecule has 132 valence electrons. The van der Waals surface area contributed by atoms with Gasteiger partial charge in [0.15, 0.2) is 5.76 Å². The fourth-order valence-electron chi connectivity index (χ4n) is 2.97. The summed E-state index contributed by atoms with van der Waals surface area (Å²) in [6.07, 6.45) is 5.23. The van der Waals surface area contributed by atoms with Gasteiger partial charge in [0.2, 0.25) is 5.91 Å². The van der Waals surface area contributed by atoms with Gasteiger partial charge in [0.25, 0.3) is 5.91 Å². The van der Waals surface area contributed by atoms with E-state index in [-0.39, 0.29) is 24.5 Å². The molecule has 4 rings (SSSR count). The summed E-state index contributed by atoms with van der Waals surface area (Å²) in [7, 11) is 0. The number of aliphatic imine (C=N–C) groups is 1. The minimum Gasteiger partial charge on any atom is -0.490 e. The molecule has 7 nitrogen and oxygen atoms in total. The summed E-state index contributed by atoms with van der Waals surface area (Å²) in [5, 5.41) is 6.75. The van der Waals surface area contributed by atoms with Crippen LogP contribution in [0.5, 0.6) is 5.75 Å². The number of amides is 2. The Kier molecular flexibility index (Phi) is 4.12. The molecule has 7 heteroatoms. The number of carbonyl (C=O) groups excluding carboxylic acids is 2. The average Bonchev–Trinajstić information content (AvgIpc) is 3.25. The maximum atomic E-state index is 12.1. The van der Waals surface area contributed by atoms with Crippen molar-refractivity contribution in [3.63, 3.8) is 0 Å². The summed E-state index contributed by atoms with van der Waals surface area (Å²) in [6.45, 7) is 2.27. The first kappa shape index (κ1) is 16.3. The van der Waals surface area contributed by atoms with Gasteiger partial charge in [-0.05, 0) is 18.6 Å². The van der Waals surface area contributed by atoms with E-state index in [9.17, 15) is 9.59 Å². The van der Waals surface area contributed by atoms with E-state index in [1.807, 2.05) is 25.1 Å². The Morgan fingerprint density at radius 2 is 2.23 bits per heavy atom. The second kappa shape index (κ2) is 6.59. The van der Waals surface area contributed by atoms with Crippen molar-refractivity contribution < 1.29 is 18.8 Å². The van der Waals surface area contributed by atoms with Crippen LogP contribution in [0.2, 0.25) is 0 Å². The van der Waals surface area contributed by atoms with Gasteiger partial charge in [-0.3, -0.25) is 9.59 Å². The zero-order chi connectivity index (χ0) is 18.1. The Labute approximate surface area is 149 Å². The third-order valence-electron chi connectivity index (χ3n) is 4.30. The van der Waals surface area contributed by atoms with Gasteiger partial charge in [-0.2, -0.15) is 0 Å². The number of rotatable bonds is 4. The van der Waals surface area contributed by atoms with Crippen molar-refractivity contribution in [1.29, 1.82) is 0 Å². The van der Waals surface area contributed by atoms with Crippen LogP contribution in [0.4, 0.5) is 0 Å². The van der Waals surface area contributed by atoms with E-state index in [0.29, 0.717) is 11.5 Å². The Bertz CT molecular complexity index is 913. The summed E-state index contributed by atoms with van der Waals surface area (Å²) in [6, 6.07) is 7.74. The SMILES string of the molecule is CC1Cc2ccc(-c3cc(CNC(=O)C4C=CC(=O)N=C4)no3)cc2O1. The van der Waals surface area contributed by atoms with E-state index in [1.165, 1.54) is 23.9 Å². The van der Waals surface area contributed by atoms with Gasteiger partial charge >= 0.3 is 0 Å². The van der Waals surface area contributed by atoms with E-state index in [4.69, 9.17) is 9.26 Å². The Hall–Kier alpha value is -3.22. The smallest absolute Gasteiger partial charge is 0.269 e. The van der Waals surface area contributed by atoms with Crippen molar-refractivity contribution in [1.82, 2.24) is 10.5 Å². The lowest BCUT2D eigenvalue weighted by Crippen LogP contribution is -2.31. The van der Waals surface area contributed by atoms with Crippen LogP contribution in [0.1, 0.15) is 18.2 Å². The molecular formula is C19H17N3O4. The fourth-order valence-corrected chi connectivity index (χ4v) is 2.97. The van der Waals surface area contributed by atoms with Gasteiger partial charge < -0.3 is 14.6 Å². The Morgan fingerprint density at radius 1 is 1.35 bits per heavy atom. The summed E-state index contributed by atoms with van der Waals surface area (Å²) in [5.41, 5.74) is 2.67. The van der Waals surface area contributed by atoms with Crippen molar-refractivity contribution in [2.75, 3.05) is 0 Å². The van der Waals surface area contributed by atoms with Gasteiger partial charge in [-0.15, -0.1) is 0 Å². The van der Waals surface area contributed by atoms with Gasteiger partial charge in [0, 0.05) is 30.3 Å². The standard InChI is InChI=1S/C19H17N3O4/c1-11-6-12-2-3-13(7-16(12)25-11)17-8-15(22-26-17)10-21-19(24)14-4-5-18(23)20-9-14/h2-5,7-9,11,14H,6,10H2,1H3,(H,21,24). The number of carbonyl (C=O) groups is 2. The third-order valence-corrected chi connectivity index (χ3v) is 4.30. The van der Waals surface area contributed by atoms with Crippen LogP contribution in [0, 0.1) is 5.92 Å². The van der Waals surface area contributed by atoms with E-state index in [2.05, 4.69) is 15.5 Å². The zero-order valence-electron chi connectivity index (χ0n) is 14.1. The van der Waals surface area contributed by atoms with Crippen molar-refractivity contribution in [2.24, 2.45) is 10.9 Å². The van der Waals surface area contributed by atoms with Crippen LogP contribution in [0.15, 0.2) is 45.9 Å². The Balaban J connectivity index is 1.40. The van der Waals surface area contributed by atoms with Crippen molar-refractivity contribution >= 4 is 18.0 Å². The summed E-state index contributed by atoms with van der Waals surface area (Å²) < 4.78 is 11.2. The van der Waals surface area contributed by atoms with E-state index in [0.717, 1.165) is 17.7 Å². The second-order valence-corrected chi connectivity index (χ2v) is 6.36. The van der Waals surface area contributed by atoms with E-state index < -0.39 is 5.92 Å². The monoisotopic (exact) mass is 351 g/mol. The lowest BCUT2D eigenvalue weighted by Gasteiger charge is -2.09. The molecule has 2 unspecified atom stereocenters. The molecule has 1 N–H and O–H groups in total. The van der Waals surface area contributed by atoms with Crippen LogP contribution in [-0.2, 0) is 22.6 Å². The predicted molar refractivity (Wildman–Crippen MR) is 93.7 cm³/mol. The molecule has 0 fully saturated rings. The first-order chi connectivity index (χ1) is 12.6. The highest BCUT2D eigenvalue weighted by Crippen LogP contribution is 2.33. The molecule has 3 heterocycles.